The van der Waals surface area contributed by atoms with Gasteiger partial charge >= 0.3 is 0 Å². The third-order valence-corrected chi connectivity index (χ3v) is 3.42. The summed E-state index contributed by atoms with van der Waals surface area (Å²) in [6.45, 7) is 2.03. The maximum Gasteiger partial charge on any atom is 0.205 e. The van der Waals surface area contributed by atoms with Crippen LogP contribution < -0.4 is 5.32 Å². The van der Waals surface area contributed by atoms with Crippen LogP contribution in [0.25, 0.3) is 11.0 Å². The minimum Gasteiger partial charge on any atom is -0.325 e. The Morgan fingerprint density at radius 3 is 3.00 bits per heavy atom. The summed E-state index contributed by atoms with van der Waals surface area (Å²) in [6, 6.07) is 4.51. The molecule has 0 bridgehead atoms. The summed E-state index contributed by atoms with van der Waals surface area (Å²) in [5.41, 5.74) is 3.64. The van der Waals surface area contributed by atoms with E-state index in [0.29, 0.717) is 11.5 Å². The van der Waals surface area contributed by atoms with Crippen molar-refractivity contribution < 1.29 is 4.39 Å². The van der Waals surface area contributed by atoms with E-state index in [1.165, 1.54) is 17.7 Å². The van der Waals surface area contributed by atoms with Gasteiger partial charge in [-0.05, 0) is 30.0 Å². The second-order valence-corrected chi connectivity index (χ2v) is 4.58. The molecule has 3 nitrogen and oxygen atoms in total. The predicted molar refractivity (Wildman–Crippen MR) is 68.4 cm³/mol. The minimum absolute atomic E-state index is 0.276. The van der Waals surface area contributed by atoms with E-state index in [9.17, 15) is 4.39 Å². The molecule has 2 N–H and O–H groups in total. The minimum atomic E-state index is -0.276. The lowest BCUT2D eigenvalue weighted by Crippen LogP contribution is -1.91. The van der Waals surface area contributed by atoms with Crippen molar-refractivity contribution in [1.82, 2.24) is 9.97 Å². The lowest BCUT2D eigenvalue weighted by atomic mass is 10.3. The van der Waals surface area contributed by atoms with Gasteiger partial charge in [-0.25, -0.2) is 9.37 Å². The van der Waals surface area contributed by atoms with Crippen LogP contribution in [0.4, 0.5) is 16.0 Å². The van der Waals surface area contributed by atoms with Crippen LogP contribution in [-0.4, -0.2) is 9.97 Å². The van der Waals surface area contributed by atoms with Crippen LogP contribution in [0.15, 0.2) is 29.0 Å². The molecule has 0 aliphatic carbocycles. The largest absolute Gasteiger partial charge is 0.325 e. The van der Waals surface area contributed by atoms with Gasteiger partial charge in [-0.15, -0.1) is 11.3 Å². The normalized spacial score (nSPS) is 10.9. The number of rotatable bonds is 2. The quantitative estimate of drug-likeness (QED) is 0.722. The Balaban J connectivity index is 1.99. The van der Waals surface area contributed by atoms with Crippen molar-refractivity contribution >= 4 is 34.0 Å². The molecule has 2 heterocycles. The Morgan fingerprint density at radius 2 is 2.24 bits per heavy atom. The molecule has 3 aromatic rings. The Hall–Kier alpha value is -1.88. The van der Waals surface area contributed by atoms with Crippen molar-refractivity contribution in [2.24, 2.45) is 0 Å². The van der Waals surface area contributed by atoms with Crippen LogP contribution in [-0.2, 0) is 0 Å². The number of halogens is 1. The summed E-state index contributed by atoms with van der Waals surface area (Å²) in [6.07, 6.45) is 0. The van der Waals surface area contributed by atoms with Gasteiger partial charge in [0.25, 0.3) is 0 Å². The van der Waals surface area contributed by atoms with Crippen molar-refractivity contribution in [3.05, 3.63) is 40.3 Å². The molecule has 17 heavy (non-hydrogen) atoms. The van der Waals surface area contributed by atoms with Gasteiger partial charge in [0.15, 0.2) is 0 Å². The van der Waals surface area contributed by atoms with E-state index in [1.807, 2.05) is 12.3 Å². The number of benzene rings is 1. The molecular formula is C12H10FN3S. The summed E-state index contributed by atoms with van der Waals surface area (Å²) in [7, 11) is 0. The summed E-state index contributed by atoms with van der Waals surface area (Å²) >= 11 is 1.63. The first-order valence-corrected chi connectivity index (χ1v) is 6.12. The van der Waals surface area contributed by atoms with E-state index in [2.05, 4.69) is 20.7 Å². The van der Waals surface area contributed by atoms with Gasteiger partial charge in [0, 0.05) is 11.4 Å². The molecule has 0 atom stereocenters. The number of hydrogen-bond donors (Lipinski definition) is 2. The predicted octanol–water partition coefficient (Wildman–Crippen LogP) is 3.82. The Morgan fingerprint density at radius 1 is 1.35 bits per heavy atom. The van der Waals surface area contributed by atoms with Gasteiger partial charge in [0.1, 0.15) is 5.82 Å². The first kappa shape index (κ1) is 10.3. The van der Waals surface area contributed by atoms with Gasteiger partial charge in [0.05, 0.1) is 16.7 Å². The van der Waals surface area contributed by atoms with Crippen molar-refractivity contribution in [3.8, 4) is 0 Å². The number of aryl methyl sites for hydroxylation is 1. The summed E-state index contributed by atoms with van der Waals surface area (Å²) in [5, 5.41) is 7.26. The van der Waals surface area contributed by atoms with E-state index in [0.717, 1.165) is 11.2 Å². The number of aromatic amines is 1. The number of aromatic nitrogens is 2. The second kappa shape index (κ2) is 3.85. The van der Waals surface area contributed by atoms with E-state index < -0.39 is 0 Å². The molecule has 0 spiro atoms. The number of nitrogens with zero attached hydrogens (tertiary/aromatic N) is 1. The Labute approximate surface area is 101 Å². The monoisotopic (exact) mass is 247 g/mol. The molecule has 0 aliphatic heterocycles. The summed E-state index contributed by atoms with van der Waals surface area (Å²) in [4.78, 5) is 7.39. The van der Waals surface area contributed by atoms with Crippen LogP contribution in [0, 0.1) is 12.7 Å². The molecule has 0 unspecified atom stereocenters. The number of thiophene rings is 1. The summed E-state index contributed by atoms with van der Waals surface area (Å²) < 4.78 is 13.0. The van der Waals surface area contributed by atoms with Crippen molar-refractivity contribution in [3.63, 3.8) is 0 Å². The third-order valence-electron chi connectivity index (χ3n) is 2.55. The van der Waals surface area contributed by atoms with Gasteiger partial charge in [-0.1, -0.05) is 0 Å². The van der Waals surface area contributed by atoms with Crippen molar-refractivity contribution in [2.45, 2.75) is 6.92 Å². The number of hydrogen-bond acceptors (Lipinski definition) is 3. The number of nitrogens with one attached hydrogen (secondary N) is 2. The van der Waals surface area contributed by atoms with Gasteiger partial charge in [-0.3, -0.25) is 0 Å². The lowest BCUT2D eigenvalue weighted by molar-refractivity contribution is 0.629. The zero-order chi connectivity index (χ0) is 11.8. The fraction of sp³-hybridized carbons (Fsp3) is 0.0833. The smallest absolute Gasteiger partial charge is 0.205 e. The maximum absolute atomic E-state index is 13.0. The molecule has 0 aliphatic rings. The van der Waals surface area contributed by atoms with Crippen LogP contribution in [0.1, 0.15) is 5.56 Å². The number of imidazole rings is 1. The number of anilines is 2. The van der Waals surface area contributed by atoms with Crippen molar-refractivity contribution in [2.75, 3.05) is 5.32 Å². The first-order chi connectivity index (χ1) is 8.22. The van der Waals surface area contributed by atoms with E-state index in [1.54, 1.807) is 17.4 Å². The highest BCUT2D eigenvalue weighted by molar-refractivity contribution is 7.08. The fourth-order valence-corrected chi connectivity index (χ4v) is 2.43. The zero-order valence-electron chi connectivity index (χ0n) is 9.12. The highest BCUT2D eigenvalue weighted by Gasteiger charge is 2.05. The average molecular weight is 247 g/mol. The average Bonchev–Trinajstić information content (AvgIpc) is 2.85. The van der Waals surface area contributed by atoms with Crippen LogP contribution >= 0.6 is 11.3 Å². The Bertz CT molecular complexity index is 671. The van der Waals surface area contributed by atoms with Crippen molar-refractivity contribution in [1.29, 1.82) is 0 Å². The standard InChI is InChI=1S/C12H10FN3S/c1-7-5-17-6-11(7)16-12-14-9-3-2-8(13)4-10(9)15-12/h2-6H,1H3,(H2,14,15,16). The maximum atomic E-state index is 13.0. The summed E-state index contributed by atoms with van der Waals surface area (Å²) in [5.74, 6) is 0.356. The molecule has 0 amide bonds. The molecule has 2 aromatic heterocycles. The number of H-pyrrole nitrogens is 1. The van der Waals surface area contributed by atoms with Crippen LogP contribution in [0.2, 0.25) is 0 Å². The van der Waals surface area contributed by atoms with E-state index >= 15 is 0 Å². The SMILES string of the molecule is Cc1cscc1Nc1nc2cc(F)ccc2[nH]1. The topological polar surface area (TPSA) is 40.7 Å². The molecule has 0 saturated carbocycles. The van der Waals surface area contributed by atoms with Crippen LogP contribution in [0.5, 0.6) is 0 Å². The molecule has 0 radical (unpaired) electrons. The molecule has 3 rings (SSSR count). The second-order valence-electron chi connectivity index (χ2n) is 3.84. The highest BCUT2D eigenvalue weighted by Crippen LogP contribution is 2.24. The zero-order valence-corrected chi connectivity index (χ0v) is 9.94. The Kier molecular flexibility index (Phi) is 2.33. The van der Waals surface area contributed by atoms with E-state index in [-0.39, 0.29) is 5.82 Å². The molecule has 0 fully saturated rings. The highest BCUT2D eigenvalue weighted by atomic mass is 32.1. The lowest BCUT2D eigenvalue weighted by Gasteiger charge is -1.99. The first-order valence-electron chi connectivity index (χ1n) is 5.17. The molecular weight excluding hydrogens is 237 g/mol. The van der Waals surface area contributed by atoms with Gasteiger partial charge in [-0.2, -0.15) is 0 Å². The molecule has 1 aromatic carbocycles. The third kappa shape index (κ3) is 1.89. The van der Waals surface area contributed by atoms with E-state index in [4.69, 9.17) is 0 Å². The van der Waals surface area contributed by atoms with Gasteiger partial charge in [0.2, 0.25) is 5.95 Å². The number of fused-ring (bicyclic) bond motifs is 1. The van der Waals surface area contributed by atoms with Crippen LogP contribution in [0.3, 0.4) is 0 Å². The van der Waals surface area contributed by atoms with Gasteiger partial charge < -0.3 is 10.3 Å². The molecule has 86 valence electrons. The fourth-order valence-electron chi connectivity index (χ4n) is 1.65. The molecule has 0 saturated heterocycles. The molecule has 5 heteroatoms.